The lowest BCUT2D eigenvalue weighted by Gasteiger charge is -2.15. The Morgan fingerprint density at radius 2 is 2.25 bits per heavy atom. The lowest BCUT2D eigenvalue weighted by atomic mass is 10.2. The normalized spacial score (nSPS) is 24.7. The molecule has 1 aliphatic rings. The van der Waals surface area contributed by atoms with Crippen LogP contribution < -0.4 is 5.32 Å². The summed E-state index contributed by atoms with van der Waals surface area (Å²) in [6.07, 6.45) is 3.36. The van der Waals surface area contributed by atoms with Crippen molar-refractivity contribution in [3.05, 3.63) is 23.2 Å². The van der Waals surface area contributed by atoms with E-state index in [2.05, 4.69) is 21.2 Å². The van der Waals surface area contributed by atoms with E-state index in [-0.39, 0.29) is 11.9 Å². The highest BCUT2D eigenvalue weighted by molar-refractivity contribution is 9.09. The van der Waals surface area contributed by atoms with Crippen LogP contribution in [0.3, 0.4) is 0 Å². The number of amides is 1. The summed E-state index contributed by atoms with van der Waals surface area (Å²) in [4.78, 5) is 12.4. The Hall–Kier alpha value is -0.770. The van der Waals surface area contributed by atoms with Crippen LogP contribution in [0.15, 0.2) is 10.5 Å². The summed E-state index contributed by atoms with van der Waals surface area (Å²) in [6, 6.07) is 2.05. The molecule has 1 heterocycles. The van der Waals surface area contributed by atoms with Crippen LogP contribution in [0.4, 0.5) is 0 Å². The third-order valence-electron chi connectivity index (χ3n) is 3.03. The highest BCUT2D eigenvalue weighted by Gasteiger charge is 2.27. The fourth-order valence-corrected chi connectivity index (χ4v) is 2.90. The Bertz CT molecular complexity index is 400. The smallest absolute Gasteiger partial charge is 0.255 e. The topological polar surface area (TPSA) is 42.2 Å². The average Bonchev–Trinajstić information content (AvgIpc) is 2.74. The van der Waals surface area contributed by atoms with E-state index in [1.165, 1.54) is 6.42 Å². The summed E-state index contributed by atoms with van der Waals surface area (Å²) in [5, 5.41) is 3.05. The van der Waals surface area contributed by atoms with Gasteiger partial charge in [-0.15, -0.1) is 0 Å². The Labute approximate surface area is 104 Å². The molecule has 0 spiro atoms. The van der Waals surface area contributed by atoms with Crippen LogP contribution in [0.25, 0.3) is 0 Å². The standard InChI is InChI=1S/C12H16BrNO2/c1-7-6-9(8(2)16-7)12(15)14-11-5-3-4-10(11)13/h6,10-11H,3-5H2,1-2H3,(H,14,15). The van der Waals surface area contributed by atoms with Crippen LogP contribution in [-0.2, 0) is 0 Å². The van der Waals surface area contributed by atoms with Gasteiger partial charge in [-0.2, -0.15) is 0 Å². The molecular formula is C12H16BrNO2. The van der Waals surface area contributed by atoms with Gasteiger partial charge in [0.1, 0.15) is 11.5 Å². The zero-order valence-electron chi connectivity index (χ0n) is 9.55. The van der Waals surface area contributed by atoms with E-state index in [4.69, 9.17) is 4.42 Å². The first-order chi connectivity index (χ1) is 7.58. The molecule has 0 aliphatic heterocycles. The molecule has 1 aromatic heterocycles. The monoisotopic (exact) mass is 285 g/mol. The molecule has 0 radical (unpaired) electrons. The molecular weight excluding hydrogens is 270 g/mol. The van der Waals surface area contributed by atoms with E-state index in [1.54, 1.807) is 6.07 Å². The van der Waals surface area contributed by atoms with E-state index in [1.807, 2.05) is 13.8 Å². The van der Waals surface area contributed by atoms with Gasteiger partial charge in [-0.1, -0.05) is 22.4 Å². The second-order valence-corrected chi connectivity index (χ2v) is 5.53. The highest BCUT2D eigenvalue weighted by Crippen LogP contribution is 2.26. The van der Waals surface area contributed by atoms with Gasteiger partial charge in [0.25, 0.3) is 5.91 Å². The summed E-state index contributed by atoms with van der Waals surface area (Å²) in [7, 11) is 0. The fraction of sp³-hybridized carbons (Fsp3) is 0.583. The molecule has 4 heteroatoms. The number of carbonyl (C=O) groups is 1. The van der Waals surface area contributed by atoms with Crippen LogP contribution in [0.5, 0.6) is 0 Å². The van der Waals surface area contributed by atoms with Crippen molar-refractivity contribution in [1.29, 1.82) is 0 Å². The van der Waals surface area contributed by atoms with Gasteiger partial charge in [-0.25, -0.2) is 0 Å². The first kappa shape index (κ1) is 11.7. The molecule has 1 N–H and O–H groups in total. The molecule has 1 aliphatic carbocycles. The van der Waals surface area contributed by atoms with E-state index in [0.29, 0.717) is 16.2 Å². The van der Waals surface area contributed by atoms with Crippen LogP contribution in [0.1, 0.15) is 41.1 Å². The predicted octanol–water partition coefficient (Wildman–Crippen LogP) is 2.94. The van der Waals surface area contributed by atoms with E-state index < -0.39 is 0 Å². The third kappa shape index (κ3) is 2.32. The van der Waals surface area contributed by atoms with Crippen LogP contribution in [0, 0.1) is 13.8 Å². The number of hydrogen-bond donors (Lipinski definition) is 1. The molecule has 0 aromatic carbocycles. The van der Waals surface area contributed by atoms with Crippen LogP contribution in [-0.4, -0.2) is 16.8 Å². The van der Waals surface area contributed by atoms with Gasteiger partial charge in [0.15, 0.2) is 0 Å². The lowest BCUT2D eigenvalue weighted by molar-refractivity contribution is 0.0937. The number of aryl methyl sites for hydroxylation is 2. The van der Waals surface area contributed by atoms with Gasteiger partial charge < -0.3 is 9.73 Å². The molecule has 2 unspecified atom stereocenters. The first-order valence-electron chi connectivity index (χ1n) is 5.60. The molecule has 1 fully saturated rings. The minimum Gasteiger partial charge on any atom is -0.466 e. The third-order valence-corrected chi connectivity index (χ3v) is 4.13. The van der Waals surface area contributed by atoms with Crippen molar-refractivity contribution in [3.8, 4) is 0 Å². The van der Waals surface area contributed by atoms with Gasteiger partial charge in [0.05, 0.1) is 5.56 Å². The van der Waals surface area contributed by atoms with Crippen molar-refractivity contribution >= 4 is 21.8 Å². The molecule has 3 nitrogen and oxygen atoms in total. The van der Waals surface area contributed by atoms with Crippen LogP contribution in [0.2, 0.25) is 0 Å². The van der Waals surface area contributed by atoms with Crippen molar-refractivity contribution in [2.75, 3.05) is 0 Å². The SMILES string of the molecule is Cc1cc(C(=O)NC2CCCC2Br)c(C)o1. The quantitative estimate of drug-likeness (QED) is 0.849. The van der Waals surface area contributed by atoms with Gasteiger partial charge in [-0.05, 0) is 32.8 Å². The average molecular weight is 286 g/mol. The molecule has 88 valence electrons. The van der Waals surface area contributed by atoms with E-state index >= 15 is 0 Å². The minimum absolute atomic E-state index is 0.0225. The van der Waals surface area contributed by atoms with Crippen molar-refractivity contribution in [1.82, 2.24) is 5.32 Å². The summed E-state index contributed by atoms with van der Waals surface area (Å²) in [5.74, 6) is 1.45. The molecule has 2 rings (SSSR count). The highest BCUT2D eigenvalue weighted by atomic mass is 79.9. The Morgan fingerprint density at radius 3 is 2.75 bits per heavy atom. The van der Waals surface area contributed by atoms with Crippen molar-refractivity contribution in [3.63, 3.8) is 0 Å². The maximum absolute atomic E-state index is 12.0. The molecule has 0 bridgehead atoms. The molecule has 1 aromatic rings. The Morgan fingerprint density at radius 1 is 1.50 bits per heavy atom. The zero-order valence-corrected chi connectivity index (χ0v) is 11.1. The number of nitrogens with one attached hydrogen (secondary N) is 1. The Balaban J connectivity index is 2.05. The van der Waals surface area contributed by atoms with E-state index in [0.717, 1.165) is 18.6 Å². The van der Waals surface area contributed by atoms with Gasteiger partial charge in [0, 0.05) is 10.9 Å². The van der Waals surface area contributed by atoms with Crippen molar-refractivity contribution < 1.29 is 9.21 Å². The summed E-state index contributed by atoms with van der Waals surface area (Å²) in [5.41, 5.74) is 0.657. The summed E-state index contributed by atoms with van der Waals surface area (Å²) < 4.78 is 5.35. The van der Waals surface area contributed by atoms with Gasteiger partial charge >= 0.3 is 0 Å². The largest absolute Gasteiger partial charge is 0.466 e. The van der Waals surface area contributed by atoms with Crippen molar-refractivity contribution in [2.24, 2.45) is 0 Å². The Kier molecular flexibility index (Phi) is 3.38. The number of carbonyl (C=O) groups excluding carboxylic acids is 1. The maximum atomic E-state index is 12.0. The molecule has 1 amide bonds. The number of alkyl halides is 1. The predicted molar refractivity (Wildman–Crippen MR) is 66.0 cm³/mol. The number of furan rings is 1. The zero-order chi connectivity index (χ0) is 11.7. The molecule has 2 atom stereocenters. The molecule has 16 heavy (non-hydrogen) atoms. The number of halogens is 1. The van der Waals surface area contributed by atoms with Gasteiger partial charge in [0.2, 0.25) is 0 Å². The number of hydrogen-bond acceptors (Lipinski definition) is 2. The van der Waals surface area contributed by atoms with Crippen LogP contribution >= 0.6 is 15.9 Å². The minimum atomic E-state index is -0.0225. The van der Waals surface area contributed by atoms with E-state index in [9.17, 15) is 4.79 Å². The van der Waals surface area contributed by atoms with Crippen molar-refractivity contribution in [2.45, 2.75) is 44.0 Å². The molecule has 1 saturated carbocycles. The molecule has 0 saturated heterocycles. The van der Waals surface area contributed by atoms with Gasteiger partial charge in [-0.3, -0.25) is 4.79 Å². The number of rotatable bonds is 2. The summed E-state index contributed by atoms with van der Waals surface area (Å²) in [6.45, 7) is 3.68. The second-order valence-electron chi connectivity index (χ2n) is 4.35. The maximum Gasteiger partial charge on any atom is 0.255 e. The fourth-order valence-electron chi connectivity index (χ4n) is 2.18. The first-order valence-corrected chi connectivity index (χ1v) is 6.51. The lowest BCUT2D eigenvalue weighted by Crippen LogP contribution is -2.37. The second kappa shape index (κ2) is 4.62. The summed E-state index contributed by atoms with van der Waals surface area (Å²) >= 11 is 3.59.